The first-order valence-corrected chi connectivity index (χ1v) is 5.85. The van der Waals surface area contributed by atoms with Gasteiger partial charge in [-0.1, -0.05) is 29.8 Å². The highest BCUT2D eigenvalue weighted by Crippen LogP contribution is 2.31. The van der Waals surface area contributed by atoms with Crippen molar-refractivity contribution in [2.45, 2.75) is 12.3 Å². The van der Waals surface area contributed by atoms with Gasteiger partial charge in [-0.25, -0.2) is 0 Å². The molecule has 0 spiro atoms. The quantitative estimate of drug-likeness (QED) is 0.730. The Bertz CT molecular complexity index is 447. The van der Waals surface area contributed by atoms with Crippen molar-refractivity contribution in [3.8, 4) is 0 Å². The lowest BCUT2D eigenvalue weighted by molar-refractivity contribution is 0.494. The van der Waals surface area contributed by atoms with Gasteiger partial charge in [0.1, 0.15) is 11.1 Å². The van der Waals surface area contributed by atoms with Crippen LogP contribution in [0.25, 0.3) is 0 Å². The van der Waals surface area contributed by atoms with Crippen LogP contribution in [-0.4, -0.2) is 0 Å². The molecule has 0 bridgehead atoms. The van der Waals surface area contributed by atoms with Crippen LogP contribution in [0.2, 0.25) is 0 Å². The van der Waals surface area contributed by atoms with Gasteiger partial charge < -0.3 is 4.42 Å². The first kappa shape index (κ1) is 10.8. The molecule has 1 aromatic carbocycles. The highest BCUT2D eigenvalue weighted by molar-refractivity contribution is 9.10. The molecule has 15 heavy (non-hydrogen) atoms. The fourth-order valence-corrected chi connectivity index (χ4v) is 1.95. The van der Waals surface area contributed by atoms with E-state index in [1.165, 1.54) is 5.56 Å². The summed E-state index contributed by atoms with van der Waals surface area (Å²) in [6.07, 6.45) is 0. The maximum Gasteiger partial charge on any atom is 0.169 e. The van der Waals surface area contributed by atoms with Crippen LogP contribution in [0.3, 0.4) is 0 Å². The lowest BCUT2D eigenvalue weighted by Crippen LogP contribution is -1.90. The van der Waals surface area contributed by atoms with Crippen molar-refractivity contribution in [3.05, 3.63) is 58.0 Å². The Balaban J connectivity index is 2.28. The summed E-state index contributed by atoms with van der Waals surface area (Å²) >= 11 is 9.54. The molecule has 1 heterocycles. The Kier molecular flexibility index (Phi) is 3.17. The number of alkyl halides is 1. The van der Waals surface area contributed by atoms with Crippen LogP contribution in [-0.2, 0) is 0 Å². The average Bonchev–Trinajstić information content (AvgIpc) is 2.65. The molecule has 1 nitrogen and oxygen atoms in total. The Morgan fingerprint density at radius 1 is 1.13 bits per heavy atom. The molecule has 0 aliphatic carbocycles. The highest BCUT2D eigenvalue weighted by Gasteiger charge is 2.14. The van der Waals surface area contributed by atoms with Crippen LogP contribution in [0.1, 0.15) is 22.3 Å². The van der Waals surface area contributed by atoms with Gasteiger partial charge in [-0.2, -0.15) is 0 Å². The molecule has 2 rings (SSSR count). The van der Waals surface area contributed by atoms with E-state index in [1.807, 2.05) is 36.4 Å². The normalized spacial score (nSPS) is 12.7. The zero-order chi connectivity index (χ0) is 10.8. The molecule has 0 N–H and O–H groups in total. The third-order valence-electron chi connectivity index (χ3n) is 2.21. The first-order chi connectivity index (χ1) is 7.16. The molecule has 1 atom stereocenters. The Labute approximate surface area is 102 Å². The molecule has 1 aromatic heterocycles. The molecule has 2 aromatic rings. The smallest absolute Gasteiger partial charge is 0.169 e. The minimum absolute atomic E-state index is 0.225. The van der Waals surface area contributed by atoms with E-state index >= 15 is 0 Å². The van der Waals surface area contributed by atoms with Crippen LogP contribution in [0.4, 0.5) is 0 Å². The lowest BCUT2D eigenvalue weighted by atomic mass is 10.1. The van der Waals surface area contributed by atoms with Crippen LogP contribution < -0.4 is 0 Å². The van der Waals surface area contributed by atoms with Gasteiger partial charge >= 0.3 is 0 Å². The number of hydrogen-bond donors (Lipinski definition) is 0. The fourth-order valence-electron chi connectivity index (χ4n) is 1.36. The van der Waals surface area contributed by atoms with Crippen molar-refractivity contribution in [2.75, 3.05) is 0 Å². The van der Waals surface area contributed by atoms with Crippen molar-refractivity contribution in [1.29, 1.82) is 0 Å². The largest absolute Gasteiger partial charge is 0.452 e. The average molecular weight is 286 g/mol. The number of halogens is 2. The zero-order valence-corrected chi connectivity index (χ0v) is 10.5. The van der Waals surface area contributed by atoms with Gasteiger partial charge in [-0.3, -0.25) is 0 Å². The molecule has 0 saturated heterocycles. The summed E-state index contributed by atoms with van der Waals surface area (Å²) in [7, 11) is 0. The van der Waals surface area contributed by atoms with Gasteiger partial charge in [0.2, 0.25) is 0 Å². The summed E-state index contributed by atoms with van der Waals surface area (Å²) in [5.74, 6) is 0.757. The summed E-state index contributed by atoms with van der Waals surface area (Å²) in [5, 5.41) is -0.225. The van der Waals surface area contributed by atoms with E-state index in [0.717, 1.165) is 11.3 Å². The molecular formula is C12H10BrClO. The van der Waals surface area contributed by atoms with E-state index in [-0.39, 0.29) is 5.38 Å². The van der Waals surface area contributed by atoms with E-state index in [4.69, 9.17) is 16.0 Å². The second kappa shape index (κ2) is 4.42. The number of hydrogen-bond acceptors (Lipinski definition) is 1. The number of benzene rings is 1. The SMILES string of the molecule is Cc1ccc(C(Cl)c2ccc(Br)o2)cc1. The first-order valence-electron chi connectivity index (χ1n) is 4.62. The molecule has 78 valence electrons. The van der Waals surface area contributed by atoms with Crippen LogP contribution >= 0.6 is 27.5 Å². The molecule has 0 amide bonds. The fraction of sp³-hybridized carbons (Fsp3) is 0.167. The molecule has 0 aliphatic rings. The number of rotatable bonds is 2. The van der Waals surface area contributed by atoms with Gasteiger partial charge in [-0.15, -0.1) is 11.6 Å². The minimum Gasteiger partial charge on any atom is -0.452 e. The third-order valence-corrected chi connectivity index (χ3v) is 3.11. The van der Waals surface area contributed by atoms with Gasteiger partial charge in [0.15, 0.2) is 4.67 Å². The van der Waals surface area contributed by atoms with E-state index in [2.05, 4.69) is 22.9 Å². The van der Waals surface area contributed by atoms with Crippen molar-refractivity contribution in [3.63, 3.8) is 0 Å². The Morgan fingerprint density at radius 2 is 1.80 bits per heavy atom. The molecule has 1 unspecified atom stereocenters. The Hall–Kier alpha value is -0.730. The minimum atomic E-state index is -0.225. The van der Waals surface area contributed by atoms with E-state index in [9.17, 15) is 0 Å². The highest BCUT2D eigenvalue weighted by atomic mass is 79.9. The van der Waals surface area contributed by atoms with Crippen molar-refractivity contribution in [1.82, 2.24) is 0 Å². The maximum atomic E-state index is 6.28. The third kappa shape index (κ3) is 2.44. The predicted octanol–water partition coefficient (Wildman–Crippen LogP) is 4.68. The van der Waals surface area contributed by atoms with Gasteiger partial charge in [0.05, 0.1) is 0 Å². The topological polar surface area (TPSA) is 13.1 Å². The van der Waals surface area contributed by atoms with Crippen LogP contribution in [0.5, 0.6) is 0 Å². The summed E-state index contributed by atoms with van der Waals surface area (Å²) in [6.45, 7) is 2.05. The van der Waals surface area contributed by atoms with E-state index in [0.29, 0.717) is 4.67 Å². The molecule has 3 heteroatoms. The molecular weight excluding hydrogens is 275 g/mol. The van der Waals surface area contributed by atoms with Gasteiger partial charge in [0, 0.05) is 0 Å². The predicted molar refractivity (Wildman–Crippen MR) is 65.3 cm³/mol. The van der Waals surface area contributed by atoms with Crippen molar-refractivity contribution >= 4 is 27.5 Å². The second-order valence-corrected chi connectivity index (χ2v) is 4.63. The number of aryl methyl sites for hydroxylation is 1. The molecule has 0 radical (unpaired) electrons. The summed E-state index contributed by atoms with van der Waals surface area (Å²) in [6, 6.07) is 11.8. The van der Waals surface area contributed by atoms with Crippen LogP contribution in [0.15, 0.2) is 45.5 Å². The Morgan fingerprint density at radius 3 is 2.33 bits per heavy atom. The van der Waals surface area contributed by atoms with E-state index < -0.39 is 0 Å². The zero-order valence-electron chi connectivity index (χ0n) is 8.21. The van der Waals surface area contributed by atoms with Crippen LogP contribution in [0, 0.1) is 6.92 Å². The maximum absolute atomic E-state index is 6.28. The summed E-state index contributed by atoms with van der Waals surface area (Å²) < 4.78 is 6.12. The summed E-state index contributed by atoms with van der Waals surface area (Å²) in [5.41, 5.74) is 2.27. The molecule has 0 fully saturated rings. The van der Waals surface area contributed by atoms with E-state index in [1.54, 1.807) is 0 Å². The second-order valence-electron chi connectivity index (χ2n) is 3.42. The molecule has 0 saturated carbocycles. The molecule has 0 aliphatic heterocycles. The van der Waals surface area contributed by atoms with Gasteiger partial charge in [0.25, 0.3) is 0 Å². The van der Waals surface area contributed by atoms with Crippen molar-refractivity contribution < 1.29 is 4.42 Å². The monoisotopic (exact) mass is 284 g/mol. The van der Waals surface area contributed by atoms with Crippen molar-refractivity contribution in [2.24, 2.45) is 0 Å². The summed E-state index contributed by atoms with van der Waals surface area (Å²) in [4.78, 5) is 0. The van der Waals surface area contributed by atoms with Gasteiger partial charge in [-0.05, 0) is 40.5 Å². The standard InChI is InChI=1S/C12H10BrClO/c1-8-2-4-9(5-3-8)12(14)10-6-7-11(13)15-10/h2-7,12H,1H3. The number of furan rings is 1. The lowest BCUT2D eigenvalue weighted by Gasteiger charge is -2.06.